The van der Waals surface area contributed by atoms with E-state index in [-0.39, 0.29) is 0 Å². The second-order valence-electron chi connectivity index (χ2n) is 7.93. The molecule has 0 N–H and O–H groups in total. The Labute approximate surface area is 164 Å². The van der Waals surface area contributed by atoms with E-state index in [1.165, 1.54) is 37.2 Å². The largest absolute Gasteiger partial charge is 0.381 e. The lowest BCUT2D eigenvalue weighted by atomic mass is 10.1. The number of anilines is 1. The summed E-state index contributed by atoms with van der Waals surface area (Å²) in [6.45, 7) is 9.39. The number of nitrogens with zero attached hydrogens (tertiary/aromatic N) is 2. The molecule has 0 aromatic heterocycles. The molecule has 2 aromatic carbocycles. The van der Waals surface area contributed by atoms with Crippen molar-refractivity contribution in [2.45, 2.75) is 45.8 Å². The van der Waals surface area contributed by atoms with Crippen LogP contribution >= 0.6 is 0 Å². The molecular formula is C24H34N2O. The monoisotopic (exact) mass is 366 g/mol. The minimum atomic E-state index is 0.377. The lowest BCUT2D eigenvalue weighted by molar-refractivity contribution is 0.0849. The van der Waals surface area contributed by atoms with Gasteiger partial charge in [-0.3, -0.25) is 4.90 Å². The highest BCUT2D eigenvalue weighted by Gasteiger charge is 2.27. The van der Waals surface area contributed by atoms with E-state index in [0.29, 0.717) is 12.1 Å². The minimum Gasteiger partial charge on any atom is -0.381 e. The SMILES string of the molecule is CC(C)COCCC(N1CCCC1)N(Cc1ccccc1)c1ccccc1. The number of hydrogen-bond donors (Lipinski definition) is 0. The quantitative estimate of drug-likeness (QED) is 0.539. The van der Waals surface area contributed by atoms with Crippen molar-refractivity contribution in [3.05, 3.63) is 66.2 Å². The van der Waals surface area contributed by atoms with Gasteiger partial charge in [0.25, 0.3) is 0 Å². The van der Waals surface area contributed by atoms with Gasteiger partial charge in [-0.25, -0.2) is 0 Å². The van der Waals surface area contributed by atoms with Gasteiger partial charge in [-0.2, -0.15) is 0 Å². The first-order chi connectivity index (χ1) is 13.2. The molecule has 1 aliphatic rings. The molecule has 0 bridgehead atoms. The second-order valence-corrected chi connectivity index (χ2v) is 7.93. The molecule has 3 nitrogen and oxygen atoms in total. The van der Waals surface area contributed by atoms with E-state index >= 15 is 0 Å². The summed E-state index contributed by atoms with van der Waals surface area (Å²) in [6, 6.07) is 21.7. The molecule has 0 aliphatic carbocycles. The molecule has 0 saturated carbocycles. The van der Waals surface area contributed by atoms with Crippen LogP contribution in [-0.2, 0) is 11.3 Å². The van der Waals surface area contributed by atoms with Crippen LogP contribution in [0.3, 0.4) is 0 Å². The molecule has 0 radical (unpaired) electrons. The fourth-order valence-electron chi connectivity index (χ4n) is 3.85. The Balaban J connectivity index is 1.79. The molecule has 0 spiro atoms. The number of benzene rings is 2. The second kappa shape index (κ2) is 10.5. The van der Waals surface area contributed by atoms with Crippen LogP contribution in [0.25, 0.3) is 0 Å². The summed E-state index contributed by atoms with van der Waals surface area (Å²) in [5, 5.41) is 0. The van der Waals surface area contributed by atoms with Crippen molar-refractivity contribution in [2.75, 3.05) is 31.2 Å². The molecule has 2 aromatic rings. The lowest BCUT2D eigenvalue weighted by Gasteiger charge is -2.39. The Kier molecular flexibility index (Phi) is 7.73. The standard InChI is InChI=1S/C24H34N2O/c1-21(2)20-27-18-15-24(25-16-9-10-17-25)26(23-13-7-4-8-14-23)19-22-11-5-3-6-12-22/h3-8,11-14,21,24H,9-10,15-20H2,1-2H3. The molecule has 146 valence electrons. The van der Waals surface area contributed by atoms with Crippen LogP contribution < -0.4 is 4.90 Å². The molecule has 1 fully saturated rings. The van der Waals surface area contributed by atoms with Gasteiger partial charge < -0.3 is 9.64 Å². The third kappa shape index (κ3) is 6.08. The Bertz CT molecular complexity index is 638. The molecule has 1 atom stereocenters. The third-order valence-electron chi connectivity index (χ3n) is 5.18. The van der Waals surface area contributed by atoms with Crippen LogP contribution in [0, 0.1) is 5.92 Å². The molecule has 1 saturated heterocycles. The maximum atomic E-state index is 5.97. The summed E-state index contributed by atoms with van der Waals surface area (Å²) >= 11 is 0. The normalized spacial score (nSPS) is 16.0. The van der Waals surface area contributed by atoms with Crippen molar-refractivity contribution in [2.24, 2.45) is 5.92 Å². The van der Waals surface area contributed by atoms with Gasteiger partial charge in [0.15, 0.2) is 0 Å². The van der Waals surface area contributed by atoms with E-state index in [1.807, 2.05) is 0 Å². The van der Waals surface area contributed by atoms with Crippen molar-refractivity contribution in [3.8, 4) is 0 Å². The third-order valence-corrected chi connectivity index (χ3v) is 5.18. The number of rotatable bonds is 10. The van der Waals surface area contributed by atoms with Gasteiger partial charge in [0.2, 0.25) is 0 Å². The Morgan fingerprint density at radius 2 is 1.56 bits per heavy atom. The Morgan fingerprint density at radius 1 is 0.926 bits per heavy atom. The maximum absolute atomic E-state index is 5.97. The number of ether oxygens (including phenoxy) is 1. The Morgan fingerprint density at radius 3 is 2.19 bits per heavy atom. The van der Waals surface area contributed by atoms with Crippen molar-refractivity contribution < 1.29 is 4.74 Å². The predicted molar refractivity (Wildman–Crippen MR) is 114 cm³/mol. The van der Waals surface area contributed by atoms with Crippen LogP contribution in [0.15, 0.2) is 60.7 Å². The summed E-state index contributed by atoms with van der Waals surface area (Å²) in [4.78, 5) is 5.22. The van der Waals surface area contributed by atoms with Gasteiger partial charge in [-0.05, 0) is 36.5 Å². The van der Waals surface area contributed by atoms with Crippen LogP contribution in [0.1, 0.15) is 38.7 Å². The van der Waals surface area contributed by atoms with Crippen molar-refractivity contribution in [1.82, 2.24) is 4.90 Å². The molecule has 1 aliphatic heterocycles. The summed E-state index contributed by atoms with van der Waals surface area (Å²) in [6.07, 6.45) is 4.02. The van der Waals surface area contributed by atoms with Gasteiger partial charge in [-0.15, -0.1) is 0 Å². The maximum Gasteiger partial charge on any atom is 0.0846 e. The fourth-order valence-corrected chi connectivity index (χ4v) is 3.85. The van der Waals surface area contributed by atoms with Crippen molar-refractivity contribution in [3.63, 3.8) is 0 Å². The van der Waals surface area contributed by atoms with E-state index in [2.05, 4.69) is 84.3 Å². The zero-order valence-electron chi connectivity index (χ0n) is 16.9. The van der Waals surface area contributed by atoms with Gasteiger partial charge in [0.05, 0.1) is 6.17 Å². The smallest absolute Gasteiger partial charge is 0.0846 e. The van der Waals surface area contributed by atoms with Crippen LogP contribution in [0.2, 0.25) is 0 Å². The van der Waals surface area contributed by atoms with Crippen LogP contribution in [0.5, 0.6) is 0 Å². The number of hydrogen-bond acceptors (Lipinski definition) is 3. The first kappa shape index (κ1) is 19.9. The van der Waals surface area contributed by atoms with Gasteiger partial charge in [0, 0.05) is 45.0 Å². The summed E-state index contributed by atoms with van der Waals surface area (Å²) < 4.78 is 5.97. The van der Waals surface area contributed by atoms with Gasteiger partial charge in [-0.1, -0.05) is 62.4 Å². The molecule has 1 heterocycles. The first-order valence-corrected chi connectivity index (χ1v) is 10.4. The van der Waals surface area contributed by atoms with Crippen LogP contribution in [-0.4, -0.2) is 37.4 Å². The fraction of sp³-hybridized carbons (Fsp3) is 0.500. The number of para-hydroxylation sites is 1. The summed E-state index contributed by atoms with van der Waals surface area (Å²) in [5.41, 5.74) is 2.65. The minimum absolute atomic E-state index is 0.377. The molecule has 3 heteroatoms. The van der Waals surface area contributed by atoms with Crippen molar-refractivity contribution >= 4 is 5.69 Å². The molecule has 3 rings (SSSR count). The first-order valence-electron chi connectivity index (χ1n) is 10.4. The molecule has 27 heavy (non-hydrogen) atoms. The highest BCUT2D eigenvalue weighted by atomic mass is 16.5. The average Bonchev–Trinajstić information content (AvgIpc) is 3.22. The van der Waals surface area contributed by atoms with E-state index < -0.39 is 0 Å². The summed E-state index contributed by atoms with van der Waals surface area (Å²) in [7, 11) is 0. The lowest BCUT2D eigenvalue weighted by Crippen LogP contribution is -2.48. The van der Waals surface area contributed by atoms with Crippen molar-refractivity contribution in [1.29, 1.82) is 0 Å². The Hall–Kier alpha value is -1.84. The van der Waals surface area contributed by atoms with E-state index in [9.17, 15) is 0 Å². The molecule has 0 amide bonds. The number of likely N-dealkylation sites (tertiary alicyclic amines) is 1. The zero-order chi connectivity index (χ0) is 18.9. The van der Waals surface area contributed by atoms with Gasteiger partial charge >= 0.3 is 0 Å². The predicted octanol–water partition coefficient (Wildman–Crippen LogP) is 5.18. The van der Waals surface area contributed by atoms with E-state index in [1.54, 1.807) is 0 Å². The van der Waals surface area contributed by atoms with E-state index in [0.717, 1.165) is 26.2 Å². The van der Waals surface area contributed by atoms with Gasteiger partial charge in [0.1, 0.15) is 0 Å². The van der Waals surface area contributed by atoms with Crippen LogP contribution in [0.4, 0.5) is 5.69 Å². The summed E-state index contributed by atoms with van der Waals surface area (Å²) in [5.74, 6) is 0.588. The highest BCUT2D eigenvalue weighted by Crippen LogP contribution is 2.26. The highest BCUT2D eigenvalue weighted by molar-refractivity contribution is 5.47. The molecular weight excluding hydrogens is 332 g/mol. The molecule has 1 unspecified atom stereocenters. The zero-order valence-corrected chi connectivity index (χ0v) is 16.9. The van der Waals surface area contributed by atoms with E-state index in [4.69, 9.17) is 4.74 Å². The average molecular weight is 367 g/mol. The topological polar surface area (TPSA) is 15.7 Å².